The Morgan fingerprint density at radius 3 is 2.23 bits per heavy atom. The highest BCUT2D eigenvalue weighted by Gasteiger charge is 2.21. The van der Waals surface area contributed by atoms with Gasteiger partial charge in [-0.15, -0.1) is 0 Å². The first-order valence-electron chi connectivity index (χ1n) is 9.23. The standard InChI is InChI=1S/C24H22O5S/c1-17-14-18(12-13-24(2,3)26)16-20(15-17)29-19-8-10-21(11-9-19)30(27,28)23-7-5-4-6-22(23)25/h4-11,14-16,25-26H,1-3H3. The first-order valence-corrected chi connectivity index (χ1v) is 10.7. The number of aliphatic hydroxyl groups is 1. The van der Waals surface area contributed by atoms with Crippen LogP contribution >= 0.6 is 0 Å². The lowest BCUT2D eigenvalue weighted by molar-refractivity contribution is 0.143. The molecule has 0 saturated heterocycles. The van der Waals surface area contributed by atoms with Crippen LogP contribution in [-0.4, -0.2) is 24.2 Å². The molecule has 0 fully saturated rings. The van der Waals surface area contributed by atoms with Crippen molar-refractivity contribution in [3.63, 3.8) is 0 Å². The number of hydrogen-bond acceptors (Lipinski definition) is 5. The van der Waals surface area contributed by atoms with Gasteiger partial charge in [0.1, 0.15) is 27.7 Å². The Labute approximate surface area is 176 Å². The Kier molecular flexibility index (Phi) is 5.88. The summed E-state index contributed by atoms with van der Waals surface area (Å²) in [6.07, 6.45) is 0. The third-order valence-electron chi connectivity index (χ3n) is 4.09. The van der Waals surface area contributed by atoms with Crippen LogP contribution in [0.15, 0.2) is 76.5 Å². The van der Waals surface area contributed by atoms with Crippen LogP contribution in [0.5, 0.6) is 17.2 Å². The van der Waals surface area contributed by atoms with Gasteiger partial charge in [0.25, 0.3) is 0 Å². The topological polar surface area (TPSA) is 83.8 Å². The third-order valence-corrected chi connectivity index (χ3v) is 5.91. The molecule has 0 aliphatic heterocycles. The molecule has 154 valence electrons. The van der Waals surface area contributed by atoms with Gasteiger partial charge in [0.2, 0.25) is 9.84 Å². The zero-order valence-electron chi connectivity index (χ0n) is 16.9. The Morgan fingerprint density at radius 1 is 0.933 bits per heavy atom. The fourth-order valence-corrected chi connectivity index (χ4v) is 4.09. The van der Waals surface area contributed by atoms with Crippen molar-refractivity contribution in [3.05, 3.63) is 77.9 Å². The summed E-state index contributed by atoms with van der Waals surface area (Å²) < 4.78 is 31.3. The van der Waals surface area contributed by atoms with Crippen LogP contribution in [0, 0.1) is 18.8 Å². The van der Waals surface area contributed by atoms with Crippen molar-refractivity contribution >= 4 is 9.84 Å². The number of aromatic hydroxyl groups is 1. The van der Waals surface area contributed by atoms with E-state index in [1.54, 1.807) is 44.2 Å². The van der Waals surface area contributed by atoms with E-state index in [1.165, 1.54) is 24.3 Å². The van der Waals surface area contributed by atoms with Gasteiger partial charge in [-0.05, 0) is 80.9 Å². The summed E-state index contributed by atoms with van der Waals surface area (Å²) in [4.78, 5) is -0.0929. The normalized spacial score (nSPS) is 11.5. The summed E-state index contributed by atoms with van der Waals surface area (Å²) in [6.45, 7) is 5.13. The van der Waals surface area contributed by atoms with Crippen molar-refractivity contribution in [3.8, 4) is 29.1 Å². The van der Waals surface area contributed by atoms with Crippen LogP contribution in [0.3, 0.4) is 0 Å². The smallest absolute Gasteiger partial charge is 0.210 e. The molecule has 0 amide bonds. The van der Waals surface area contributed by atoms with E-state index < -0.39 is 15.4 Å². The predicted octanol–water partition coefficient (Wildman–Crippen LogP) is 4.45. The highest BCUT2D eigenvalue weighted by atomic mass is 32.2. The summed E-state index contributed by atoms with van der Waals surface area (Å²) in [5.74, 6) is 6.39. The van der Waals surface area contributed by atoms with E-state index in [2.05, 4.69) is 11.8 Å². The first kappa shape index (κ1) is 21.4. The summed E-state index contributed by atoms with van der Waals surface area (Å²) in [6, 6.07) is 17.2. The third kappa shape index (κ3) is 5.20. The summed E-state index contributed by atoms with van der Waals surface area (Å²) >= 11 is 0. The second kappa shape index (κ2) is 8.23. The maximum absolute atomic E-state index is 12.7. The molecule has 30 heavy (non-hydrogen) atoms. The van der Waals surface area contributed by atoms with E-state index >= 15 is 0 Å². The highest BCUT2D eigenvalue weighted by molar-refractivity contribution is 7.91. The average Bonchev–Trinajstić information content (AvgIpc) is 2.66. The fourth-order valence-electron chi connectivity index (χ4n) is 2.74. The molecule has 0 unspecified atom stereocenters. The summed E-state index contributed by atoms with van der Waals surface area (Å²) in [7, 11) is -3.84. The Balaban J connectivity index is 1.85. The molecule has 0 spiro atoms. The van der Waals surface area contributed by atoms with Crippen molar-refractivity contribution in [2.75, 3.05) is 0 Å². The minimum Gasteiger partial charge on any atom is -0.507 e. The molecule has 3 aromatic carbocycles. The van der Waals surface area contributed by atoms with Crippen molar-refractivity contribution in [2.24, 2.45) is 0 Å². The average molecular weight is 423 g/mol. The molecule has 0 aromatic heterocycles. The molecular formula is C24H22O5S. The van der Waals surface area contributed by atoms with E-state index in [1.807, 2.05) is 19.1 Å². The van der Waals surface area contributed by atoms with Gasteiger partial charge in [-0.1, -0.05) is 24.0 Å². The molecule has 5 nitrogen and oxygen atoms in total. The molecule has 0 aliphatic carbocycles. The Bertz CT molecular complexity index is 1230. The fraction of sp³-hybridized carbons (Fsp3) is 0.167. The molecule has 0 heterocycles. The minimum absolute atomic E-state index is 0.0531. The van der Waals surface area contributed by atoms with E-state index in [9.17, 15) is 18.6 Å². The van der Waals surface area contributed by atoms with Crippen LogP contribution in [0.2, 0.25) is 0 Å². The number of sulfone groups is 1. The van der Waals surface area contributed by atoms with Gasteiger partial charge in [-0.2, -0.15) is 0 Å². The van der Waals surface area contributed by atoms with Gasteiger partial charge < -0.3 is 14.9 Å². The summed E-state index contributed by atoms with van der Waals surface area (Å²) in [5, 5.41) is 19.6. The van der Waals surface area contributed by atoms with Crippen LogP contribution in [-0.2, 0) is 9.84 Å². The van der Waals surface area contributed by atoms with Crippen LogP contribution in [0.4, 0.5) is 0 Å². The molecule has 0 bridgehead atoms. The van der Waals surface area contributed by atoms with Crippen LogP contribution in [0.1, 0.15) is 25.0 Å². The van der Waals surface area contributed by atoms with Crippen LogP contribution < -0.4 is 4.74 Å². The molecule has 0 atom stereocenters. The van der Waals surface area contributed by atoms with Gasteiger partial charge in [0, 0.05) is 5.56 Å². The quantitative estimate of drug-likeness (QED) is 0.607. The maximum atomic E-state index is 12.7. The van der Waals surface area contributed by atoms with Gasteiger partial charge in [0.15, 0.2) is 0 Å². The lowest BCUT2D eigenvalue weighted by Crippen LogP contribution is -2.14. The highest BCUT2D eigenvalue weighted by Crippen LogP contribution is 2.30. The molecular weight excluding hydrogens is 400 g/mol. The molecule has 3 aromatic rings. The second-order valence-corrected chi connectivity index (χ2v) is 9.31. The van der Waals surface area contributed by atoms with Crippen molar-refractivity contribution in [1.29, 1.82) is 0 Å². The number of para-hydroxylation sites is 1. The molecule has 0 radical (unpaired) electrons. The van der Waals surface area contributed by atoms with Gasteiger partial charge in [-0.25, -0.2) is 8.42 Å². The Hall–Kier alpha value is -3.27. The van der Waals surface area contributed by atoms with Crippen molar-refractivity contribution in [1.82, 2.24) is 0 Å². The number of ether oxygens (including phenoxy) is 1. The molecule has 3 rings (SSSR count). The van der Waals surface area contributed by atoms with Gasteiger partial charge >= 0.3 is 0 Å². The van der Waals surface area contributed by atoms with E-state index in [4.69, 9.17) is 4.74 Å². The maximum Gasteiger partial charge on any atom is 0.210 e. The van der Waals surface area contributed by atoms with Gasteiger partial charge in [0.05, 0.1) is 4.90 Å². The monoisotopic (exact) mass is 422 g/mol. The number of aryl methyl sites for hydroxylation is 1. The van der Waals surface area contributed by atoms with Crippen molar-refractivity contribution < 1.29 is 23.4 Å². The number of rotatable bonds is 4. The van der Waals surface area contributed by atoms with E-state index in [0.717, 1.165) is 5.56 Å². The van der Waals surface area contributed by atoms with Crippen molar-refractivity contribution in [2.45, 2.75) is 36.2 Å². The zero-order chi connectivity index (χ0) is 21.9. The lowest BCUT2D eigenvalue weighted by Gasteiger charge is -2.10. The predicted molar refractivity (Wildman–Crippen MR) is 114 cm³/mol. The van der Waals surface area contributed by atoms with E-state index in [-0.39, 0.29) is 15.5 Å². The molecule has 2 N–H and O–H groups in total. The number of phenols is 1. The number of benzene rings is 3. The molecule has 0 saturated carbocycles. The Morgan fingerprint density at radius 2 is 1.60 bits per heavy atom. The SMILES string of the molecule is Cc1cc(C#CC(C)(C)O)cc(Oc2ccc(S(=O)(=O)c3ccccc3O)cc2)c1. The van der Waals surface area contributed by atoms with Crippen LogP contribution in [0.25, 0.3) is 0 Å². The largest absolute Gasteiger partial charge is 0.507 e. The lowest BCUT2D eigenvalue weighted by atomic mass is 10.1. The molecule has 0 aliphatic rings. The minimum atomic E-state index is -3.84. The second-order valence-electron chi connectivity index (χ2n) is 7.39. The summed E-state index contributed by atoms with van der Waals surface area (Å²) in [5.41, 5.74) is 0.538. The number of hydrogen-bond donors (Lipinski definition) is 2. The first-order chi connectivity index (χ1) is 14.0. The zero-order valence-corrected chi connectivity index (χ0v) is 17.7. The number of phenolic OH excluding ortho intramolecular Hbond substituents is 1. The molecule has 6 heteroatoms. The van der Waals surface area contributed by atoms with E-state index in [0.29, 0.717) is 17.1 Å². The van der Waals surface area contributed by atoms with Gasteiger partial charge in [-0.3, -0.25) is 0 Å².